The highest BCUT2D eigenvalue weighted by molar-refractivity contribution is 7.09. The molecular formula is C8H12N2S. The highest BCUT2D eigenvalue weighted by Gasteiger charge is 1.99. The maximum absolute atomic E-state index is 4.00. The summed E-state index contributed by atoms with van der Waals surface area (Å²) >= 11 is 1.67. The van der Waals surface area contributed by atoms with E-state index in [1.807, 2.05) is 25.7 Å². The number of rotatable bonds is 3. The van der Waals surface area contributed by atoms with Gasteiger partial charge < -0.3 is 4.90 Å². The van der Waals surface area contributed by atoms with Crippen LogP contribution in [0.15, 0.2) is 24.0 Å². The third-order valence-corrected chi connectivity index (χ3v) is 2.29. The van der Waals surface area contributed by atoms with Gasteiger partial charge in [-0.15, -0.1) is 11.3 Å². The minimum absolute atomic E-state index is 0.917. The van der Waals surface area contributed by atoms with Crippen LogP contribution in [-0.4, -0.2) is 16.9 Å². The normalized spacial score (nSPS) is 9.64. The second kappa shape index (κ2) is 3.53. The molecule has 0 aromatic carbocycles. The van der Waals surface area contributed by atoms with Crippen LogP contribution in [0.4, 0.5) is 0 Å². The molecule has 0 atom stereocenters. The number of thiazole rings is 1. The van der Waals surface area contributed by atoms with Crippen molar-refractivity contribution in [3.8, 4) is 0 Å². The molecule has 0 bridgehead atoms. The fourth-order valence-corrected chi connectivity index (χ4v) is 1.34. The molecule has 0 saturated carbocycles. The van der Waals surface area contributed by atoms with E-state index in [-0.39, 0.29) is 0 Å². The second-order valence-corrected chi connectivity index (χ2v) is 3.53. The van der Waals surface area contributed by atoms with Gasteiger partial charge in [0, 0.05) is 23.8 Å². The van der Waals surface area contributed by atoms with Crippen LogP contribution in [-0.2, 0) is 6.54 Å². The molecule has 0 fully saturated rings. The van der Waals surface area contributed by atoms with Crippen molar-refractivity contribution >= 4 is 11.3 Å². The van der Waals surface area contributed by atoms with Crippen LogP contribution in [0.1, 0.15) is 11.8 Å². The molecule has 0 unspecified atom stereocenters. The molecule has 0 amide bonds. The molecule has 1 aromatic rings. The zero-order valence-electron chi connectivity index (χ0n) is 6.87. The minimum atomic E-state index is 0.917. The number of hydrogen-bond donors (Lipinski definition) is 0. The summed E-state index contributed by atoms with van der Waals surface area (Å²) in [5.74, 6) is 0. The summed E-state index contributed by atoms with van der Waals surface area (Å²) in [5.41, 5.74) is 2.93. The predicted molar refractivity (Wildman–Crippen MR) is 48.4 cm³/mol. The minimum Gasteiger partial charge on any atom is -0.373 e. The summed E-state index contributed by atoms with van der Waals surface area (Å²) in [7, 11) is 2.03. The Morgan fingerprint density at radius 1 is 1.82 bits per heavy atom. The lowest BCUT2D eigenvalue weighted by Crippen LogP contribution is -2.13. The van der Waals surface area contributed by atoms with Crippen molar-refractivity contribution in [3.05, 3.63) is 28.9 Å². The highest BCUT2D eigenvalue weighted by atomic mass is 32.1. The molecule has 11 heavy (non-hydrogen) atoms. The van der Waals surface area contributed by atoms with Crippen molar-refractivity contribution in [2.75, 3.05) is 7.05 Å². The van der Waals surface area contributed by atoms with Crippen LogP contribution in [0.5, 0.6) is 0 Å². The number of nitrogens with zero attached hydrogens (tertiary/aromatic N) is 2. The van der Waals surface area contributed by atoms with Crippen LogP contribution in [0.3, 0.4) is 0 Å². The first-order chi connectivity index (χ1) is 5.20. The molecule has 0 aliphatic rings. The average molecular weight is 168 g/mol. The van der Waals surface area contributed by atoms with E-state index in [9.17, 15) is 0 Å². The Bertz CT molecular complexity index is 228. The molecule has 0 aliphatic carbocycles. The molecule has 1 aromatic heterocycles. The zero-order chi connectivity index (χ0) is 8.27. The van der Waals surface area contributed by atoms with Gasteiger partial charge in [-0.25, -0.2) is 0 Å². The van der Waals surface area contributed by atoms with Crippen molar-refractivity contribution < 1.29 is 0 Å². The molecule has 0 radical (unpaired) electrons. The van der Waals surface area contributed by atoms with Crippen molar-refractivity contribution in [1.29, 1.82) is 0 Å². The molecule has 0 N–H and O–H groups in total. The van der Waals surface area contributed by atoms with Gasteiger partial charge in [-0.2, -0.15) is 0 Å². The van der Waals surface area contributed by atoms with Gasteiger partial charge in [0.1, 0.15) is 0 Å². The van der Waals surface area contributed by atoms with Crippen LogP contribution >= 0.6 is 11.3 Å². The molecule has 3 heteroatoms. The third kappa shape index (κ3) is 2.35. The number of hydrogen-bond acceptors (Lipinski definition) is 3. The Balaban J connectivity index is 2.50. The van der Waals surface area contributed by atoms with E-state index in [1.165, 1.54) is 4.88 Å². The van der Waals surface area contributed by atoms with E-state index >= 15 is 0 Å². The molecule has 0 saturated heterocycles. The van der Waals surface area contributed by atoms with Gasteiger partial charge in [0.2, 0.25) is 0 Å². The van der Waals surface area contributed by atoms with E-state index in [1.54, 1.807) is 11.3 Å². The largest absolute Gasteiger partial charge is 0.373 e. The lowest BCUT2D eigenvalue weighted by atomic mass is 10.4. The fourth-order valence-electron chi connectivity index (χ4n) is 0.689. The van der Waals surface area contributed by atoms with Crippen LogP contribution in [0, 0.1) is 0 Å². The van der Waals surface area contributed by atoms with Crippen molar-refractivity contribution in [3.63, 3.8) is 0 Å². The second-order valence-electron chi connectivity index (χ2n) is 2.56. The Hall–Kier alpha value is -0.830. The molecule has 1 rings (SSSR count). The van der Waals surface area contributed by atoms with E-state index < -0.39 is 0 Å². The van der Waals surface area contributed by atoms with E-state index in [4.69, 9.17) is 0 Å². The van der Waals surface area contributed by atoms with Gasteiger partial charge in [-0.1, -0.05) is 6.58 Å². The van der Waals surface area contributed by atoms with Gasteiger partial charge in [-0.3, -0.25) is 4.98 Å². The lowest BCUT2D eigenvalue weighted by molar-refractivity contribution is 0.418. The monoisotopic (exact) mass is 168 g/mol. The van der Waals surface area contributed by atoms with Crippen LogP contribution < -0.4 is 0 Å². The summed E-state index contributed by atoms with van der Waals surface area (Å²) in [6.45, 7) is 6.76. The topological polar surface area (TPSA) is 16.1 Å². The fraction of sp³-hybridized carbons (Fsp3) is 0.375. The Labute approximate surface area is 71.2 Å². The van der Waals surface area contributed by atoms with Crippen molar-refractivity contribution in [2.45, 2.75) is 13.5 Å². The molecular weight excluding hydrogens is 156 g/mol. The lowest BCUT2D eigenvalue weighted by Gasteiger charge is -2.16. The molecule has 0 aliphatic heterocycles. The van der Waals surface area contributed by atoms with Crippen molar-refractivity contribution in [2.24, 2.45) is 0 Å². The Morgan fingerprint density at radius 2 is 2.55 bits per heavy atom. The maximum atomic E-state index is 4.00. The van der Waals surface area contributed by atoms with Crippen LogP contribution in [0.2, 0.25) is 0 Å². The number of allylic oxidation sites excluding steroid dienone is 1. The SMILES string of the molecule is C=C(C)N(C)Cc1cncs1. The first-order valence-electron chi connectivity index (χ1n) is 3.44. The van der Waals surface area contributed by atoms with Gasteiger partial charge in [0.25, 0.3) is 0 Å². The maximum Gasteiger partial charge on any atom is 0.0794 e. The summed E-state index contributed by atoms with van der Waals surface area (Å²) in [4.78, 5) is 7.38. The third-order valence-electron chi connectivity index (χ3n) is 1.53. The molecule has 1 heterocycles. The molecule has 60 valence electrons. The number of aromatic nitrogens is 1. The van der Waals surface area contributed by atoms with E-state index in [0.29, 0.717) is 0 Å². The zero-order valence-corrected chi connectivity index (χ0v) is 7.69. The molecule has 0 spiro atoms. The quantitative estimate of drug-likeness (QED) is 0.687. The smallest absolute Gasteiger partial charge is 0.0794 e. The van der Waals surface area contributed by atoms with Crippen LogP contribution in [0.25, 0.3) is 0 Å². The van der Waals surface area contributed by atoms with E-state index in [0.717, 1.165) is 12.2 Å². The van der Waals surface area contributed by atoms with Crippen molar-refractivity contribution in [1.82, 2.24) is 9.88 Å². The summed E-state index contributed by atoms with van der Waals surface area (Å²) in [6, 6.07) is 0. The first kappa shape index (κ1) is 8.27. The van der Waals surface area contributed by atoms with Gasteiger partial charge in [0.15, 0.2) is 0 Å². The first-order valence-corrected chi connectivity index (χ1v) is 4.32. The van der Waals surface area contributed by atoms with Gasteiger partial charge in [0.05, 0.1) is 12.1 Å². The Morgan fingerprint density at radius 3 is 3.00 bits per heavy atom. The Kier molecular flexibility index (Phi) is 2.65. The standard InChI is InChI=1S/C8H12N2S/c1-7(2)10(3)5-8-4-9-6-11-8/h4,6H,1,5H2,2-3H3. The van der Waals surface area contributed by atoms with E-state index in [2.05, 4.69) is 16.5 Å². The highest BCUT2D eigenvalue weighted by Crippen LogP contribution is 2.10. The predicted octanol–water partition coefficient (Wildman–Crippen LogP) is 2.11. The van der Waals surface area contributed by atoms with Gasteiger partial charge >= 0.3 is 0 Å². The average Bonchev–Trinajstić information content (AvgIpc) is 2.39. The van der Waals surface area contributed by atoms with Gasteiger partial charge in [-0.05, 0) is 6.92 Å². The summed E-state index contributed by atoms with van der Waals surface area (Å²) in [6.07, 6.45) is 1.89. The molecule has 2 nitrogen and oxygen atoms in total. The summed E-state index contributed by atoms with van der Waals surface area (Å²) in [5, 5.41) is 0. The summed E-state index contributed by atoms with van der Waals surface area (Å²) < 4.78 is 0.